The van der Waals surface area contributed by atoms with Crippen LogP contribution in [0.4, 0.5) is 10.1 Å². The lowest BCUT2D eigenvalue weighted by molar-refractivity contribution is -0.151. The Morgan fingerprint density at radius 2 is 1.83 bits per heavy atom. The molecule has 8 heteroatoms. The third-order valence-corrected chi connectivity index (χ3v) is 7.59. The minimum atomic E-state index is -0.753. The third-order valence-electron chi connectivity index (χ3n) is 7.59. The summed E-state index contributed by atoms with van der Waals surface area (Å²) in [6.45, 7) is 6.73. The number of rotatable bonds is 6. The summed E-state index contributed by atoms with van der Waals surface area (Å²) in [6, 6.07) is 11.1. The van der Waals surface area contributed by atoms with E-state index in [9.17, 15) is 14.3 Å². The highest BCUT2D eigenvalue weighted by molar-refractivity contribution is 5.81. The average Bonchev–Trinajstić information content (AvgIpc) is 3.25. The summed E-state index contributed by atoms with van der Waals surface area (Å²) in [5, 5.41) is 9.50. The van der Waals surface area contributed by atoms with Gasteiger partial charge < -0.3 is 24.5 Å². The molecule has 186 valence electrons. The van der Waals surface area contributed by atoms with Gasteiger partial charge in [0.1, 0.15) is 11.8 Å². The van der Waals surface area contributed by atoms with Gasteiger partial charge in [0.25, 0.3) is 0 Å². The van der Waals surface area contributed by atoms with Crippen LogP contribution in [0.3, 0.4) is 0 Å². The van der Waals surface area contributed by atoms with Crippen LogP contribution in [0.5, 0.6) is 5.88 Å². The molecule has 0 radical (unpaired) electrons. The number of nitrogens with zero attached hydrogens (tertiary/aromatic N) is 2. The van der Waals surface area contributed by atoms with Crippen LogP contribution < -0.4 is 9.64 Å². The fraction of sp³-hybridized carbons (Fsp3) is 0.481. The first-order valence-electron chi connectivity index (χ1n) is 12.3. The first-order valence-corrected chi connectivity index (χ1v) is 12.3. The normalized spacial score (nSPS) is 21.3. The van der Waals surface area contributed by atoms with E-state index in [2.05, 4.69) is 14.9 Å². The SMILES string of the molecule is CC(C)(C(=O)O)C1CCC(Oc2cc3nc(-c4ccc(N5CCOCC5)cc4)c(F)cc3[nH]2)CC1. The predicted molar refractivity (Wildman–Crippen MR) is 132 cm³/mol. The number of anilines is 1. The van der Waals surface area contributed by atoms with Crippen molar-refractivity contribution in [3.8, 4) is 17.1 Å². The number of ether oxygens (including phenoxy) is 2. The van der Waals surface area contributed by atoms with Gasteiger partial charge in [-0.1, -0.05) is 12.1 Å². The van der Waals surface area contributed by atoms with Crippen molar-refractivity contribution in [3.05, 3.63) is 42.2 Å². The van der Waals surface area contributed by atoms with E-state index in [4.69, 9.17) is 9.47 Å². The largest absolute Gasteiger partial charge is 0.481 e. The Labute approximate surface area is 204 Å². The Kier molecular flexibility index (Phi) is 6.40. The number of carbonyl (C=O) groups is 1. The summed E-state index contributed by atoms with van der Waals surface area (Å²) in [7, 11) is 0. The topological polar surface area (TPSA) is 87.7 Å². The van der Waals surface area contributed by atoms with Crippen LogP contribution in [-0.4, -0.2) is 53.5 Å². The van der Waals surface area contributed by atoms with Gasteiger partial charge in [0.2, 0.25) is 0 Å². The quantitative estimate of drug-likeness (QED) is 0.500. The van der Waals surface area contributed by atoms with Gasteiger partial charge >= 0.3 is 5.97 Å². The number of aliphatic carboxylic acids is 1. The highest BCUT2D eigenvalue weighted by atomic mass is 19.1. The lowest BCUT2D eigenvalue weighted by Crippen LogP contribution is -2.37. The molecule has 2 N–H and O–H groups in total. The maximum atomic E-state index is 15.0. The molecular weight excluding hydrogens is 449 g/mol. The second-order valence-electron chi connectivity index (χ2n) is 10.1. The fourth-order valence-corrected chi connectivity index (χ4v) is 5.18. The zero-order chi connectivity index (χ0) is 24.6. The Balaban J connectivity index is 1.28. The van der Waals surface area contributed by atoms with Crippen molar-refractivity contribution >= 4 is 22.7 Å². The van der Waals surface area contributed by atoms with E-state index >= 15 is 0 Å². The van der Waals surface area contributed by atoms with Crippen LogP contribution >= 0.6 is 0 Å². The van der Waals surface area contributed by atoms with Gasteiger partial charge in [-0.05, 0) is 57.6 Å². The Hall–Kier alpha value is -3.13. The van der Waals surface area contributed by atoms with Gasteiger partial charge in [-0.2, -0.15) is 0 Å². The van der Waals surface area contributed by atoms with Gasteiger partial charge in [0.15, 0.2) is 11.7 Å². The summed E-state index contributed by atoms with van der Waals surface area (Å²) in [5.74, 6) is -0.443. The van der Waals surface area contributed by atoms with Crippen molar-refractivity contribution in [1.29, 1.82) is 0 Å². The number of hydrogen-bond acceptors (Lipinski definition) is 5. The molecule has 2 aromatic heterocycles. The molecule has 3 aromatic rings. The smallest absolute Gasteiger partial charge is 0.309 e. The number of pyridine rings is 1. The number of nitrogens with one attached hydrogen (secondary N) is 1. The first kappa shape index (κ1) is 23.6. The van der Waals surface area contributed by atoms with Crippen molar-refractivity contribution in [2.45, 2.75) is 45.6 Å². The molecule has 7 nitrogen and oxygen atoms in total. The van der Waals surface area contributed by atoms with Crippen molar-refractivity contribution in [2.75, 3.05) is 31.2 Å². The van der Waals surface area contributed by atoms with Gasteiger partial charge in [-0.15, -0.1) is 0 Å². The van der Waals surface area contributed by atoms with E-state index in [1.807, 2.05) is 30.3 Å². The highest BCUT2D eigenvalue weighted by Crippen LogP contribution is 2.39. The van der Waals surface area contributed by atoms with Crippen LogP contribution in [-0.2, 0) is 9.53 Å². The average molecular weight is 482 g/mol. The molecule has 3 heterocycles. The molecule has 5 rings (SSSR count). The summed E-state index contributed by atoms with van der Waals surface area (Å²) in [6.07, 6.45) is 3.20. The molecule has 1 saturated carbocycles. The van der Waals surface area contributed by atoms with Crippen LogP contribution in [0.15, 0.2) is 36.4 Å². The zero-order valence-corrected chi connectivity index (χ0v) is 20.2. The second-order valence-corrected chi connectivity index (χ2v) is 10.1. The maximum Gasteiger partial charge on any atom is 0.309 e. The van der Waals surface area contributed by atoms with Crippen molar-refractivity contribution in [3.63, 3.8) is 0 Å². The fourth-order valence-electron chi connectivity index (χ4n) is 5.18. The van der Waals surface area contributed by atoms with Crippen molar-refractivity contribution in [2.24, 2.45) is 11.3 Å². The molecule has 35 heavy (non-hydrogen) atoms. The van der Waals surface area contributed by atoms with Crippen molar-refractivity contribution in [1.82, 2.24) is 9.97 Å². The number of H-pyrrole nitrogens is 1. The summed E-state index contributed by atoms with van der Waals surface area (Å²) >= 11 is 0. The highest BCUT2D eigenvalue weighted by Gasteiger charge is 2.39. The Morgan fingerprint density at radius 3 is 2.49 bits per heavy atom. The second kappa shape index (κ2) is 9.49. The van der Waals surface area contributed by atoms with Gasteiger partial charge in [0, 0.05) is 36.5 Å². The number of benzene rings is 1. The minimum Gasteiger partial charge on any atom is -0.481 e. The van der Waals surface area contributed by atoms with Crippen LogP contribution in [0, 0.1) is 17.2 Å². The Bertz CT molecular complexity index is 1190. The summed E-state index contributed by atoms with van der Waals surface area (Å²) < 4.78 is 26.5. The van der Waals surface area contributed by atoms with Gasteiger partial charge in [0.05, 0.1) is 29.7 Å². The molecule has 2 fully saturated rings. The van der Waals surface area contributed by atoms with Crippen LogP contribution in [0.1, 0.15) is 39.5 Å². The standard InChI is InChI=1S/C27H32FN3O4/c1-27(2,26(32)33)18-5-9-20(10-6-18)35-24-16-23-22(29-24)15-21(28)25(30-23)17-3-7-19(8-4-17)31-11-13-34-14-12-31/h3-4,7-8,15-16,18,20,29H,5-6,9-14H2,1-2H3,(H,32,33). The number of fused-ring (bicyclic) bond motifs is 1. The molecule has 0 atom stereocenters. The van der Waals surface area contributed by atoms with E-state index in [0.717, 1.165) is 50.0 Å². The van der Waals surface area contributed by atoms with Gasteiger partial charge in [-0.3, -0.25) is 4.79 Å². The van der Waals surface area contributed by atoms with Gasteiger partial charge in [-0.25, -0.2) is 9.37 Å². The van der Waals surface area contributed by atoms with Crippen LogP contribution in [0.25, 0.3) is 22.3 Å². The molecule has 0 unspecified atom stereocenters. The zero-order valence-electron chi connectivity index (χ0n) is 20.2. The monoisotopic (exact) mass is 481 g/mol. The first-order chi connectivity index (χ1) is 16.8. The van der Waals surface area contributed by atoms with E-state index in [1.165, 1.54) is 6.07 Å². The Morgan fingerprint density at radius 1 is 1.14 bits per heavy atom. The molecule has 1 aliphatic heterocycles. The number of morpholine rings is 1. The molecule has 0 bridgehead atoms. The van der Waals surface area contributed by atoms with E-state index in [-0.39, 0.29) is 17.8 Å². The summed E-state index contributed by atoms with van der Waals surface area (Å²) in [4.78, 5) is 21.5. The third kappa shape index (κ3) is 4.85. The number of carboxylic acid groups (broad SMARTS) is 1. The lowest BCUT2D eigenvalue weighted by atomic mass is 9.70. The van der Waals surface area contributed by atoms with E-state index < -0.39 is 11.4 Å². The number of carboxylic acids is 1. The number of hydrogen-bond donors (Lipinski definition) is 2. The van der Waals surface area contributed by atoms with Crippen LogP contribution in [0.2, 0.25) is 0 Å². The predicted octanol–water partition coefficient (Wildman–Crippen LogP) is 5.25. The van der Waals surface area contributed by atoms with E-state index in [1.54, 1.807) is 13.8 Å². The minimum absolute atomic E-state index is 0.000885. The molecule has 1 aromatic carbocycles. The molecule has 0 amide bonds. The summed E-state index contributed by atoms with van der Waals surface area (Å²) in [5.41, 5.74) is 2.64. The molecule has 1 aliphatic carbocycles. The van der Waals surface area contributed by atoms with E-state index in [0.29, 0.717) is 35.8 Å². The molecule has 2 aliphatic rings. The number of aromatic amines is 1. The van der Waals surface area contributed by atoms with Crippen molar-refractivity contribution < 1.29 is 23.8 Å². The molecule has 0 spiro atoms. The maximum absolute atomic E-state index is 15.0. The number of aromatic nitrogens is 2. The molecule has 1 saturated heterocycles. The number of halogens is 1. The lowest BCUT2D eigenvalue weighted by Gasteiger charge is -2.36. The molecular formula is C27H32FN3O4.